The van der Waals surface area contributed by atoms with E-state index in [0.29, 0.717) is 29.0 Å². The molecule has 0 saturated carbocycles. The molecule has 2 N–H and O–H groups in total. The minimum Gasteiger partial charge on any atom is -0.478 e. The number of aromatic carboxylic acids is 1. The Morgan fingerprint density at radius 3 is 2.55 bits per heavy atom. The molecule has 0 heterocycles. The van der Waals surface area contributed by atoms with E-state index in [0.717, 1.165) is 11.1 Å². The van der Waals surface area contributed by atoms with Gasteiger partial charge in [-0.15, -0.1) is 0 Å². The quantitative estimate of drug-likeness (QED) is 0.859. The molecule has 106 valence electrons. The molecule has 20 heavy (non-hydrogen) atoms. The van der Waals surface area contributed by atoms with Crippen LogP contribution in [0.25, 0.3) is 10.8 Å². The highest BCUT2D eigenvalue weighted by Crippen LogP contribution is 2.26. The second-order valence-corrected chi connectivity index (χ2v) is 6.24. The lowest BCUT2D eigenvalue weighted by atomic mass is 10.0. The number of anilines is 1. The number of carbonyl (C=O) groups is 1. The lowest BCUT2D eigenvalue weighted by Crippen LogP contribution is -2.12. The molecule has 0 fully saturated rings. The minimum atomic E-state index is -0.931. The Morgan fingerprint density at radius 2 is 1.90 bits per heavy atom. The zero-order chi connectivity index (χ0) is 14.5. The molecule has 0 aliphatic rings. The van der Waals surface area contributed by atoms with Crippen LogP contribution in [0.4, 0.5) is 5.69 Å². The molecule has 0 amide bonds. The summed E-state index contributed by atoms with van der Waals surface area (Å²) >= 11 is 0. The first-order valence-electron chi connectivity index (χ1n) is 6.47. The molecular weight excluding hydrogens is 274 g/mol. The third kappa shape index (κ3) is 3.17. The van der Waals surface area contributed by atoms with Crippen molar-refractivity contribution in [3.05, 3.63) is 42.0 Å². The Morgan fingerprint density at radius 1 is 1.20 bits per heavy atom. The average Bonchev–Trinajstić information content (AvgIpc) is 2.46. The van der Waals surface area contributed by atoms with Gasteiger partial charge in [0.15, 0.2) is 0 Å². The number of fused-ring (bicyclic) bond motifs is 1. The van der Waals surface area contributed by atoms with Crippen molar-refractivity contribution < 1.29 is 14.1 Å². The van der Waals surface area contributed by atoms with Crippen LogP contribution in [0, 0.1) is 0 Å². The molecule has 5 heteroatoms. The summed E-state index contributed by atoms with van der Waals surface area (Å²) in [5.41, 5.74) is 1.17. The Kier molecular flexibility index (Phi) is 4.74. The average molecular weight is 291 g/mol. The maximum atomic E-state index is 11.4. The Bertz CT molecular complexity index is 655. The van der Waals surface area contributed by atoms with Crippen LogP contribution in [-0.2, 0) is 10.8 Å². The number of nitrogens with one attached hydrogen (secondary N) is 1. The SMILES string of the molecule is CCS(=O)CCNc1ccc(C(=O)O)c2ccccc12. The number of hydrogen-bond acceptors (Lipinski definition) is 3. The van der Waals surface area contributed by atoms with Gasteiger partial charge in [0.05, 0.1) is 5.56 Å². The van der Waals surface area contributed by atoms with Crippen LogP contribution in [0.3, 0.4) is 0 Å². The first kappa shape index (κ1) is 14.5. The molecule has 0 saturated heterocycles. The topological polar surface area (TPSA) is 66.4 Å². The standard InChI is InChI=1S/C15H17NO3S/c1-2-20(19)10-9-16-14-8-7-13(15(17)18)11-5-3-4-6-12(11)14/h3-8,16H,2,9-10H2,1H3,(H,17,18). The van der Waals surface area contributed by atoms with Gasteiger partial charge in [-0.05, 0) is 17.5 Å². The molecular formula is C15H17NO3S. The Hall–Kier alpha value is -1.88. The van der Waals surface area contributed by atoms with Gasteiger partial charge in [-0.2, -0.15) is 0 Å². The summed E-state index contributed by atoms with van der Waals surface area (Å²) in [6.07, 6.45) is 0. The van der Waals surface area contributed by atoms with E-state index in [4.69, 9.17) is 0 Å². The summed E-state index contributed by atoms with van der Waals surface area (Å²) in [6.45, 7) is 2.50. The van der Waals surface area contributed by atoms with E-state index < -0.39 is 16.8 Å². The predicted octanol–water partition coefficient (Wildman–Crippen LogP) is 2.72. The van der Waals surface area contributed by atoms with E-state index in [1.165, 1.54) is 0 Å². The molecule has 1 unspecified atom stereocenters. The third-order valence-corrected chi connectivity index (χ3v) is 4.43. The zero-order valence-corrected chi connectivity index (χ0v) is 12.1. The molecule has 0 aliphatic carbocycles. The molecule has 2 aromatic rings. The maximum Gasteiger partial charge on any atom is 0.336 e. The predicted molar refractivity (Wildman–Crippen MR) is 82.9 cm³/mol. The van der Waals surface area contributed by atoms with Crippen molar-refractivity contribution >= 4 is 33.2 Å². The van der Waals surface area contributed by atoms with Crippen molar-refractivity contribution in [1.29, 1.82) is 0 Å². The first-order valence-corrected chi connectivity index (χ1v) is 7.96. The fraction of sp³-hybridized carbons (Fsp3) is 0.267. The van der Waals surface area contributed by atoms with E-state index in [1.54, 1.807) is 18.2 Å². The van der Waals surface area contributed by atoms with Crippen molar-refractivity contribution in [2.24, 2.45) is 0 Å². The monoisotopic (exact) mass is 291 g/mol. The number of hydrogen-bond donors (Lipinski definition) is 2. The van der Waals surface area contributed by atoms with Crippen molar-refractivity contribution in [3.63, 3.8) is 0 Å². The number of benzene rings is 2. The Balaban J connectivity index is 2.29. The summed E-state index contributed by atoms with van der Waals surface area (Å²) in [6, 6.07) is 10.8. The van der Waals surface area contributed by atoms with E-state index in [2.05, 4.69) is 5.32 Å². The van der Waals surface area contributed by atoms with E-state index in [1.807, 2.05) is 25.1 Å². The molecule has 0 aliphatic heterocycles. The molecule has 0 spiro atoms. The molecule has 0 bridgehead atoms. The second kappa shape index (κ2) is 6.52. The summed E-state index contributed by atoms with van der Waals surface area (Å²) in [5.74, 6) is 0.311. The van der Waals surface area contributed by atoms with Gasteiger partial charge in [-0.3, -0.25) is 4.21 Å². The van der Waals surface area contributed by atoms with Gasteiger partial charge in [0.2, 0.25) is 0 Å². The second-order valence-electron chi connectivity index (χ2n) is 4.37. The van der Waals surface area contributed by atoms with Gasteiger partial charge in [0, 0.05) is 39.9 Å². The first-order chi connectivity index (χ1) is 9.63. The maximum absolute atomic E-state index is 11.4. The fourth-order valence-corrected chi connectivity index (χ4v) is 2.70. The lowest BCUT2D eigenvalue weighted by molar-refractivity contribution is 0.0699. The van der Waals surface area contributed by atoms with Crippen LogP contribution in [0.5, 0.6) is 0 Å². The van der Waals surface area contributed by atoms with Gasteiger partial charge in [-0.25, -0.2) is 4.79 Å². The van der Waals surface area contributed by atoms with Crippen LogP contribution < -0.4 is 5.32 Å². The molecule has 0 aromatic heterocycles. The van der Waals surface area contributed by atoms with Gasteiger partial charge < -0.3 is 10.4 Å². The molecule has 2 rings (SSSR count). The summed E-state index contributed by atoms with van der Waals surface area (Å²) in [7, 11) is -0.803. The molecule has 2 aromatic carbocycles. The minimum absolute atomic E-state index is 0.295. The van der Waals surface area contributed by atoms with Gasteiger partial charge in [0.1, 0.15) is 0 Å². The normalized spacial score (nSPS) is 12.2. The van der Waals surface area contributed by atoms with E-state index in [-0.39, 0.29) is 0 Å². The molecule has 4 nitrogen and oxygen atoms in total. The fourth-order valence-electron chi connectivity index (χ4n) is 2.08. The van der Waals surface area contributed by atoms with Crippen molar-refractivity contribution in [2.45, 2.75) is 6.92 Å². The van der Waals surface area contributed by atoms with Crippen LogP contribution >= 0.6 is 0 Å². The molecule has 1 atom stereocenters. The van der Waals surface area contributed by atoms with Crippen molar-refractivity contribution in [3.8, 4) is 0 Å². The Labute approximate surface area is 120 Å². The van der Waals surface area contributed by atoms with E-state index >= 15 is 0 Å². The highest BCUT2D eigenvalue weighted by Gasteiger charge is 2.10. The van der Waals surface area contributed by atoms with Crippen molar-refractivity contribution in [2.75, 3.05) is 23.4 Å². The largest absolute Gasteiger partial charge is 0.478 e. The van der Waals surface area contributed by atoms with Gasteiger partial charge in [-0.1, -0.05) is 31.2 Å². The lowest BCUT2D eigenvalue weighted by Gasteiger charge is -2.11. The van der Waals surface area contributed by atoms with Crippen molar-refractivity contribution in [1.82, 2.24) is 0 Å². The zero-order valence-electron chi connectivity index (χ0n) is 11.3. The number of rotatable bonds is 6. The van der Waals surface area contributed by atoms with Crippen LogP contribution in [0.15, 0.2) is 36.4 Å². The van der Waals surface area contributed by atoms with Gasteiger partial charge in [0.25, 0.3) is 0 Å². The smallest absolute Gasteiger partial charge is 0.336 e. The van der Waals surface area contributed by atoms with Gasteiger partial charge >= 0.3 is 5.97 Å². The number of carboxylic acids is 1. The molecule has 0 radical (unpaired) electrons. The summed E-state index contributed by atoms with van der Waals surface area (Å²) < 4.78 is 11.4. The van der Waals surface area contributed by atoms with Crippen LogP contribution in [-0.4, -0.2) is 33.3 Å². The third-order valence-electron chi connectivity index (χ3n) is 3.12. The highest BCUT2D eigenvalue weighted by atomic mass is 32.2. The van der Waals surface area contributed by atoms with E-state index in [9.17, 15) is 14.1 Å². The number of carboxylic acid groups (broad SMARTS) is 1. The summed E-state index contributed by atoms with van der Waals surface area (Å²) in [5, 5.41) is 14.0. The van der Waals surface area contributed by atoms with Crippen LogP contribution in [0.2, 0.25) is 0 Å². The summed E-state index contributed by atoms with van der Waals surface area (Å²) in [4.78, 5) is 11.2. The highest BCUT2D eigenvalue weighted by molar-refractivity contribution is 7.84. The van der Waals surface area contributed by atoms with Crippen LogP contribution in [0.1, 0.15) is 17.3 Å².